The van der Waals surface area contributed by atoms with E-state index in [1.807, 2.05) is 19.1 Å². The molecule has 0 spiro atoms. The Hall–Kier alpha value is -4.56. The lowest BCUT2D eigenvalue weighted by molar-refractivity contribution is -0.137. The summed E-state index contributed by atoms with van der Waals surface area (Å²) in [5.74, 6) is -3.06. The predicted molar refractivity (Wildman–Crippen MR) is 167 cm³/mol. The molecule has 2 aliphatic rings. The molecule has 3 aromatic carbocycles. The number of benzene rings is 3. The molecule has 3 amide bonds. The molecule has 3 unspecified atom stereocenters. The first-order chi connectivity index (χ1) is 21.9. The van der Waals surface area contributed by atoms with Gasteiger partial charge >= 0.3 is 11.0 Å². The van der Waals surface area contributed by atoms with Crippen LogP contribution in [0.1, 0.15) is 27.5 Å². The van der Waals surface area contributed by atoms with Crippen molar-refractivity contribution >= 4 is 52.2 Å². The van der Waals surface area contributed by atoms with Crippen LogP contribution in [0.5, 0.6) is 11.5 Å². The third-order valence-corrected chi connectivity index (χ3v) is 10.6. The average molecular weight is 670 g/mol. The molecule has 6 rings (SSSR count). The minimum atomic E-state index is -4.69. The summed E-state index contributed by atoms with van der Waals surface area (Å²) in [6.45, 7) is 1.47. The van der Waals surface area contributed by atoms with E-state index in [1.54, 1.807) is 30.3 Å². The molecule has 14 heteroatoms. The van der Waals surface area contributed by atoms with E-state index in [0.717, 1.165) is 51.8 Å². The fourth-order valence-electron chi connectivity index (χ4n) is 5.78. The van der Waals surface area contributed by atoms with Crippen LogP contribution in [0.25, 0.3) is 0 Å². The van der Waals surface area contributed by atoms with E-state index in [-0.39, 0.29) is 12.2 Å². The molecule has 3 heterocycles. The Balaban J connectivity index is 1.45. The number of amides is 3. The van der Waals surface area contributed by atoms with Crippen molar-refractivity contribution in [2.24, 2.45) is 5.92 Å². The van der Waals surface area contributed by atoms with Gasteiger partial charge in [0.05, 0.1) is 36.4 Å². The van der Waals surface area contributed by atoms with Gasteiger partial charge in [0, 0.05) is 16.5 Å². The third kappa shape index (κ3) is 5.45. The van der Waals surface area contributed by atoms with Crippen LogP contribution >= 0.6 is 23.1 Å². The van der Waals surface area contributed by atoms with E-state index >= 15 is 0 Å². The molecular formula is C32H26F3N3O6S2. The van der Waals surface area contributed by atoms with E-state index in [4.69, 9.17) is 9.47 Å². The summed E-state index contributed by atoms with van der Waals surface area (Å²) in [6.07, 6.45) is -4.69. The number of hydrogen-bond acceptors (Lipinski definition) is 8. The first-order valence-corrected chi connectivity index (χ1v) is 15.6. The number of anilines is 2. The molecule has 0 radical (unpaired) electrons. The van der Waals surface area contributed by atoms with Gasteiger partial charge < -0.3 is 14.8 Å². The Morgan fingerprint density at radius 2 is 1.67 bits per heavy atom. The van der Waals surface area contributed by atoms with Gasteiger partial charge in [-0.25, -0.2) is 4.90 Å². The molecule has 46 heavy (non-hydrogen) atoms. The molecule has 1 saturated heterocycles. The molecule has 2 aliphatic heterocycles. The minimum absolute atomic E-state index is 0.204. The number of thioether (sulfide) groups is 1. The number of nitrogens with zero attached hydrogens (tertiary/aromatic N) is 2. The van der Waals surface area contributed by atoms with E-state index in [1.165, 1.54) is 24.9 Å². The number of nitrogens with one attached hydrogen (secondary N) is 1. The first kappa shape index (κ1) is 31.4. The fourth-order valence-corrected chi connectivity index (χ4v) is 8.56. The maximum absolute atomic E-state index is 14.1. The van der Waals surface area contributed by atoms with Crippen molar-refractivity contribution in [2.45, 2.75) is 35.8 Å². The number of carbonyl (C=O) groups excluding carboxylic acids is 3. The summed E-state index contributed by atoms with van der Waals surface area (Å²) < 4.78 is 52.8. The number of aryl methyl sites for hydroxylation is 1. The van der Waals surface area contributed by atoms with Crippen molar-refractivity contribution in [1.29, 1.82) is 0 Å². The highest BCUT2D eigenvalue weighted by molar-refractivity contribution is 8.00. The summed E-state index contributed by atoms with van der Waals surface area (Å²) in [5.41, 5.74) is 0.723. The first-order valence-electron chi connectivity index (χ1n) is 14.0. The molecular weight excluding hydrogens is 643 g/mol. The van der Waals surface area contributed by atoms with Gasteiger partial charge in [-0.15, -0.1) is 0 Å². The van der Waals surface area contributed by atoms with Crippen LogP contribution < -0.4 is 24.6 Å². The van der Waals surface area contributed by atoms with E-state index in [9.17, 15) is 32.3 Å². The van der Waals surface area contributed by atoms with Gasteiger partial charge in [-0.05, 0) is 54.4 Å². The molecule has 0 aliphatic carbocycles. The lowest BCUT2D eigenvalue weighted by Crippen LogP contribution is -2.33. The van der Waals surface area contributed by atoms with Crippen molar-refractivity contribution < 1.29 is 37.0 Å². The Bertz CT molecular complexity index is 1940. The molecule has 1 fully saturated rings. The number of halogens is 3. The Kier molecular flexibility index (Phi) is 8.19. The van der Waals surface area contributed by atoms with Gasteiger partial charge in [-0.3, -0.25) is 23.7 Å². The van der Waals surface area contributed by atoms with Crippen LogP contribution in [0.3, 0.4) is 0 Å². The number of hydrogen-bond donors (Lipinski definition) is 1. The van der Waals surface area contributed by atoms with Gasteiger partial charge in [0.25, 0.3) is 0 Å². The number of fused-ring (bicyclic) bond motifs is 2. The van der Waals surface area contributed by atoms with Crippen molar-refractivity contribution in [3.63, 3.8) is 0 Å². The summed E-state index contributed by atoms with van der Waals surface area (Å²) in [7, 11) is 2.90. The maximum Gasteiger partial charge on any atom is 0.416 e. The predicted octanol–water partition coefficient (Wildman–Crippen LogP) is 5.69. The average Bonchev–Trinajstić information content (AvgIpc) is 3.47. The second-order valence-corrected chi connectivity index (χ2v) is 12.8. The highest BCUT2D eigenvalue weighted by Gasteiger charge is 2.57. The Labute approximate surface area is 268 Å². The van der Waals surface area contributed by atoms with Crippen LogP contribution in [0.4, 0.5) is 24.5 Å². The number of ether oxygens (including phenoxy) is 2. The number of aromatic nitrogens is 1. The van der Waals surface area contributed by atoms with E-state index in [0.29, 0.717) is 32.7 Å². The third-order valence-electron chi connectivity index (χ3n) is 7.97. The molecule has 9 nitrogen and oxygen atoms in total. The van der Waals surface area contributed by atoms with Crippen LogP contribution in [0, 0.1) is 12.8 Å². The quantitative estimate of drug-likeness (QED) is 0.252. The van der Waals surface area contributed by atoms with Gasteiger partial charge in [-0.2, -0.15) is 13.2 Å². The lowest BCUT2D eigenvalue weighted by atomic mass is 9.83. The molecule has 1 aromatic heterocycles. The smallest absolute Gasteiger partial charge is 0.416 e. The molecule has 238 valence electrons. The summed E-state index contributed by atoms with van der Waals surface area (Å²) in [5, 5.41) is 2.05. The zero-order chi connectivity index (χ0) is 32.9. The second-order valence-electron chi connectivity index (χ2n) is 10.7. The standard InChI is InChI=1S/C32H26F3N3O6S2/c1-16-7-4-5-10-20(16)36-23(39)15-37-30-27(46-31(37)42)24(17-11-12-21(43-2)22(13-17)44-3)25-26(45-30)29(41)38(28(25)40)19-9-6-8-18(14-19)32(33,34)35/h4-14,24-26H,15H2,1-3H3,(H,36,39). The van der Waals surface area contributed by atoms with Crippen molar-refractivity contribution in [2.75, 3.05) is 24.4 Å². The topological polar surface area (TPSA) is 107 Å². The number of alkyl halides is 3. The number of para-hydroxylation sites is 1. The van der Waals surface area contributed by atoms with Crippen molar-refractivity contribution in [3.8, 4) is 11.5 Å². The maximum atomic E-state index is 14.1. The van der Waals surface area contributed by atoms with Crippen molar-refractivity contribution in [1.82, 2.24) is 4.57 Å². The number of thiazole rings is 1. The van der Waals surface area contributed by atoms with Gasteiger partial charge in [0.15, 0.2) is 11.5 Å². The minimum Gasteiger partial charge on any atom is -0.493 e. The van der Waals surface area contributed by atoms with Crippen molar-refractivity contribution in [3.05, 3.63) is 98.0 Å². The highest BCUT2D eigenvalue weighted by atomic mass is 32.2. The van der Waals surface area contributed by atoms with Gasteiger partial charge in [-0.1, -0.05) is 53.4 Å². The number of carbonyl (C=O) groups is 3. The molecule has 3 atom stereocenters. The largest absolute Gasteiger partial charge is 0.493 e. The Morgan fingerprint density at radius 1 is 0.935 bits per heavy atom. The van der Waals surface area contributed by atoms with Crippen LogP contribution in [-0.2, 0) is 27.1 Å². The summed E-state index contributed by atoms with van der Waals surface area (Å²) in [4.78, 5) is 55.4. The van der Waals surface area contributed by atoms with E-state index < -0.39 is 51.4 Å². The van der Waals surface area contributed by atoms with E-state index in [2.05, 4.69) is 5.32 Å². The van der Waals surface area contributed by atoms with Crippen LogP contribution in [0.15, 0.2) is 76.6 Å². The van der Waals surface area contributed by atoms with Crippen LogP contribution in [0.2, 0.25) is 0 Å². The number of imide groups is 1. The molecule has 1 N–H and O–H groups in total. The molecule has 0 bridgehead atoms. The Morgan fingerprint density at radius 3 is 2.37 bits per heavy atom. The zero-order valence-corrected chi connectivity index (χ0v) is 26.2. The fraction of sp³-hybridized carbons (Fsp3) is 0.250. The van der Waals surface area contributed by atoms with Gasteiger partial charge in [0.1, 0.15) is 11.8 Å². The highest BCUT2D eigenvalue weighted by Crippen LogP contribution is 2.54. The summed E-state index contributed by atoms with van der Waals surface area (Å²) in [6, 6.07) is 16.2. The second kappa shape index (κ2) is 12.0. The SMILES string of the molecule is COc1ccc(C2c3sc(=O)n(CC(=O)Nc4ccccc4C)c3SC3C(=O)N(c4cccc(C(F)(F)F)c4)C(=O)C32)cc1OC. The zero-order valence-electron chi connectivity index (χ0n) is 24.6. The number of methoxy groups -OCH3 is 2. The molecule has 4 aromatic rings. The summed E-state index contributed by atoms with van der Waals surface area (Å²) >= 11 is 1.82. The normalized spacial score (nSPS) is 19.1. The lowest BCUT2D eigenvalue weighted by Gasteiger charge is -2.31. The van der Waals surface area contributed by atoms with Gasteiger partial charge in [0.2, 0.25) is 17.7 Å². The number of rotatable bonds is 7. The monoisotopic (exact) mass is 669 g/mol. The van der Waals surface area contributed by atoms with Crippen LogP contribution in [-0.4, -0.2) is 41.8 Å². The molecule has 0 saturated carbocycles.